The van der Waals surface area contributed by atoms with Crippen LogP contribution in [-0.4, -0.2) is 63.3 Å². The van der Waals surface area contributed by atoms with E-state index in [-0.39, 0.29) is 5.92 Å². The zero-order valence-corrected chi connectivity index (χ0v) is 16.5. The highest BCUT2D eigenvalue weighted by Crippen LogP contribution is 2.27. The smallest absolute Gasteiger partial charge is 0.225 e. The van der Waals surface area contributed by atoms with E-state index in [2.05, 4.69) is 53.7 Å². The molecule has 3 rings (SSSR count). The lowest BCUT2D eigenvalue weighted by atomic mass is 9.98. The zero-order chi connectivity index (χ0) is 18.5. The first-order valence-corrected chi connectivity index (χ1v) is 10.1. The molecule has 0 radical (unpaired) electrons. The second kappa shape index (κ2) is 8.76. The van der Waals surface area contributed by atoms with Crippen molar-refractivity contribution < 1.29 is 9.53 Å². The summed E-state index contributed by atoms with van der Waals surface area (Å²) in [6.07, 6.45) is 1.76. The van der Waals surface area contributed by atoms with Crippen LogP contribution in [0, 0.1) is 12.8 Å². The van der Waals surface area contributed by atoms with Gasteiger partial charge in [-0.2, -0.15) is 0 Å². The summed E-state index contributed by atoms with van der Waals surface area (Å²) in [5.74, 6) is 0.506. The van der Waals surface area contributed by atoms with Crippen molar-refractivity contribution in [1.29, 1.82) is 0 Å². The molecule has 26 heavy (non-hydrogen) atoms. The maximum absolute atomic E-state index is 12.7. The van der Waals surface area contributed by atoms with Gasteiger partial charge in [-0.15, -0.1) is 0 Å². The fourth-order valence-electron chi connectivity index (χ4n) is 4.15. The molecule has 5 heteroatoms. The maximum atomic E-state index is 12.7. The molecule has 2 aliphatic rings. The summed E-state index contributed by atoms with van der Waals surface area (Å²) in [6.45, 7) is 13.6. The van der Waals surface area contributed by atoms with Crippen molar-refractivity contribution in [3.05, 3.63) is 23.8 Å². The van der Waals surface area contributed by atoms with Crippen molar-refractivity contribution in [3.63, 3.8) is 0 Å². The van der Waals surface area contributed by atoms with E-state index in [1.165, 1.54) is 16.9 Å². The number of rotatable bonds is 5. The number of hydrogen-bond acceptors (Lipinski definition) is 4. The molecule has 1 amide bonds. The normalized spacial score (nSPS) is 18.9. The minimum absolute atomic E-state index is 0.172. The number of ether oxygens (including phenoxy) is 1. The predicted molar refractivity (Wildman–Crippen MR) is 107 cm³/mol. The molecule has 1 aromatic carbocycles. The molecule has 5 nitrogen and oxygen atoms in total. The van der Waals surface area contributed by atoms with Gasteiger partial charge in [0.25, 0.3) is 0 Å². The maximum Gasteiger partial charge on any atom is 0.225 e. The van der Waals surface area contributed by atoms with Crippen LogP contribution in [0.15, 0.2) is 18.2 Å². The van der Waals surface area contributed by atoms with Crippen molar-refractivity contribution >= 4 is 17.3 Å². The number of hydrogen-bond donors (Lipinski definition) is 0. The van der Waals surface area contributed by atoms with Gasteiger partial charge >= 0.3 is 0 Å². The van der Waals surface area contributed by atoms with Gasteiger partial charge in [-0.1, -0.05) is 0 Å². The summed E-state index contributed by atoms with van der Waals surface area (Å²) in [7, 11) is 0. The topological polar surface area (TPSA) is 36.0 Å². The van der Waals surface area contributed by atoms with Crippen LogP contribution in [-0.2, 0) is 9.53 Å². The summed E-state index contributed by atoms with van der Waals surface area (Å²) in [4.78, 5) is 19.6. The number of carbonyl (C=O) groups is 1. The molecule has 2 aliphatic heterocycles. The van der Waals surface area contributed by atoms with Crippen molar-refractivity contribution in [2.24, 2.45) is 5.92 Å². The molecule has 0 aliphatic carbocycles. The molecule has 2 saturated heterocycles. The molecule has 2 heterocycles. The number of aryl methyl sites for hydroxylation is 1. The number of carbonyl (C=O) groups excluding carboxylic acids is 1. The van der Waals surface area contributed by atoms with E-state index in [1.807, 2.05) is 0 Å². The molecule has 2 fully saturated rings. The van der Waals surface area contributed by atoms with Crippen molar-refractivity contribution in [2.75, 3.05) is 62.3 Å². The van der Waals surface area contributed by atoms with Gasteiger partial charge in [0.05, 0.1) is 0 Å². The van der Waals surface area contributed by atoms with Crippen molar-refractivity contribution in [1.82, 2.24) is 4.90 Å². The third-order valence-corrected chi connectivity index (χ3v) is 5.81. The number of amides is 1. The third kappa shape index (κ3) is 4.14. The standard InChI is InChI=1S/C21H33N3O2/c1-4-22(5-2)19-6-7-20(17(3)16-19)23-10-12-24(13-11-23)21(25)18-8-14-26-15-9-18/h6-7,16,18H,4-5,8-15H2,1-3H3. The van der Waals surface area contributed by atoms with Crippen molar-refractivity contribution in [2.45, 2.75) is 33.6 Å². The van der Waals surface area contributed by atoms with Crippen LogP contribution >= 0.6 is 0 Å². The second-order valence-electron chi connectivity index (χ2n) is 7.34. The molecule has 144 valence electrons. The SMILES string of the molecule is CCN(CC)c1ccc(N2CCN(C(=O)C3CCOCC3)CC2)c(C)c1. The van der Waals surface area contributed by atoms with Gasteiger partial charge in [0.2, 0.25) is 5.91 Å². The van der Waals surface area contributed by atoms with Crippen LogP contribution in [0.3, 0.4) is 0 Å². The minimum Gasteiger partial charge on any atom is -0.381 e. The van der Waals surface area contributed by atoms with E-state index in [1.54, 1.807) is 0 Å². The van der Waals surface area contributed by atoms with Gasteiger partial charge in [-0.25, -0.2) is 0 Å². The lowest BCUT2D eigenvalue weighted by molar-refractivity contribution is -0.138. The first kappa shape index (κ1) is 19.0. The predicted octanol–water partition coefficient (Wildman–Crippen LogP) is 2.92. The Morgan fingerprint density at radius 3 is 2.35 bits per heavy atom. The Kier molecular flexibility index (Phi) is 6.41. The second-order valence-corrected chi connectivity index (χ2v) is 7.34. The molecule has 0 unspecified atom stereocenters. The molecule has 0 bridgehead atoms. The van der Waals surface area contributed by atoms with Crippen LogP contribution in [0.1, 0.15) is 32.3 Å². The monoisotopic (exact) mass is 359 g/mol. The molecule has 1 aromatic rings. The lowest BCUT2D eigenvalue weighted by Gasteiger charge is -2.39. The van der Waals surface area contributed by atoms with Gasteiger partial charge in [0.15, 0.2) is 0 Å². The molecule has 0 N–H and O–H groups in total. The van der Waals surface area contributed by atoms with Gasteiger partial charge in [-0.05, 0) is 57.4 Å². The number of anilines is 2. The Bertz CT molecular complexity index is 601. The fraction of sp³-hybridized carbons (Fsp3) is 0.667. The van der Waals surface area contributed by atoms with Gasteiger partial charge in [0, 0.05) is 69.8 Å². The number of nitrogens with zero attached hydrogens (tertiary/aromatic N) is 3. The zero-order valence-electron chi connectivity index (χ0n) is 16.5. The molecular formula is C21H33N3O2. The Morgan fingerprint density at radius 1 is 1.12 bits per heavy atom. The summed E-state index contributed by atoms with van der Waals surface area (Å²) in [6, 6.07) is 6.77. The molecule has 0 atom stereocenters. The highest BCUT2D eigenvalue weighted by molar-refractivity contribution is 5.79. The molecule has 0 saturated carbocycles. The van der Waals surface area contributed by atoms with Crippen molar-refractivity contribution in [3.8, 4) is 0 Å². The average Bonchev–Trinajstić information content (AvgIpc) is 2.69. The summed E-state index contributed by atoms with van der Waals surface area (Å²) in [5.41, 5.74) is 3.92. The lowest BCUT2D eigenvalue weighted by Crippen LogP contribution is -2.51. The van der Waals surface area contributed by atoms with E-state index < -0.39 is 0 Å². The van der Waals surface area contributed by atoms with Crippen LogP contribution < -0.4 is 9.80 Å². The Labute approximate surface area is 157 Å². The number of benzene rings is 1. The highest BCUT2D eigenvalue weighted by Gasteiger charge is 2.29. The van der Waals surface area contributed by atoms with Gasteiger partial charge in [0.1, 0.15) is 0 Å². The van der Waals surface area contributed by atoms with Crippen LogP contribution in [0.25, 0.3) is 0 Å². The molecular weight excluding hydrogens is 326 g/mol. The Morgan fingerprint density at radius 2 is 1.77 bits per heavy atom. The third-order valence-electron chi connectivity index (χ3n) is 5.81. The van der Waals surface area contributed by atoms with Crippen LogP contribution in [0.2, 0.25) is 0 Å². The largest absolute Gasteiger partial charge is 0.381 e. The quantitative estimate of drug-likeness (QED) is 0.810. The minimum atomic E-state index is 0.172. The van der Waals surface area contributed by atoms with E-state index in [9.17, 15) is 4.79 Å². The fourth-order valence-corrected chi connectivity index (χ4v) is 4.15. The summed E-state index contributed by atoms with van der Waals surface area (Å²) in [5, 5.41) is 0. The van der Waals surface area contributed by atoms with Crippen LogP contribution in [0.5, 0.6) is 0 Å². The van der Waals surface area contributed by atoms with E-state index in [0.29, 0.717) is 5.91 Å². The first-order chi connectivity index (χ1) is 12.6. The molecule has 0 spiro atoms. The van der Waals surface area contributed by atoms with E-state index in [0.717, 1.165) is 65.3 Å². The molecule has 0 aromatic heterocycles. The van der Waals surface area contributed by atoms with Gasteiger partial charge < -0.3 is 19.4 Å². The summed E-state index contributed by atoms with van der Waals surface area (Å²) >= 11 is 0. The van der Waals surface area contributed by atoms with Gasteiger partial charge in [-0.3, -0.25) is 4.79 Å². The average molecular weight is 360 g/mol. The van der Waals surface area contributed by atoms with E-state index in [4.69, 9.17) is 4.74 Å². The highest BCUT2D eigenvalue weighted by atomic mass is 16.5. The first-order valence-electron chi connectivity index (χ1n) is 10.1. The Balaban J connectivity index is 1.60. The van der Waals surface area contributed by atoms with Crippen LogP contribution in [0.4, 0.5) is 11.4 Å². The Hall–Kier alpha value is -1.75. The van der Waals surface area contributed by atoms with E-state index >= 15 is 0 Å². The summed E-state index contributed by atoms with van der Waals surface area (Å²) < 4.78 is 5.39. The number of piperazine rings is 1.